The maximum absolute atomic E-state index is 11.5. The van der Waals surface area contributed by atoms with Crippen LogP contribution in [0.25, 0.3) is 0 Å². The molecule has 0 atom stereocenters. The Hall–Kier alpha value is -1.40. The van der Waals surface area contributed by atoms with E-state index in [1.807, 2.05) is 0 Å². The molecular weight excluding hydrogens is 242 g/mol. The van der Waals surface area contributed by atoms with Gasteiger partial charge < -0.3 is 5.11 Å². The molecule has 1 N–H and O–H groups in total. The van der Waals surface area contributed by atoms with Crippen molar-refractivity contribution >= 4 is 23.2 Å². The van der Waals surface area contributed by atoms with Gasteiger partial charge in [-0.3, -0.25) is 14.9 Å². The fourth-order valence-corrected chi connectivity index (χ4v) is 2.04. The van der Waals surface area contributed by atoms with E-state index in [4.69, 9.17) is 5.11 Å². The van der Waals surface area contributed by atoms with Crippen molar-refractivity contribution in [1.82, 2.24) is 0 Å². The zero-order chi connectivity index (χ0) is 12.8. The first-order valence-electron chi connectivity index (χ1n) is 5.14. The molecule has 0 heterocycles. The maximum Gasteiger partial charge on any atom is 0.271 e. The molecule has 0 amide bonds. The molecule has 0 aliphatic rings. The lowest BCUT2D eigenvalue weighted by molar-refractivity contribution is -0.385. The van der Waals surface area contributed by atoms with Crippen LogP contribution < -0.4 is 0 Å². The summed E-state index contributed by atoms with van der Waals surface area (Å²) in [5.74, 6) is 0.320. The molecule has 0 aliphatic heterocycles. The smallest absolute Gasteiger partial charge is 0.271 e. The van der Waals surface area contributed by atoms with Crippen molar-refractivity contribution in [3.8, 4) is 0 Å². The van der Waals surface area contributed by atoms with Crippen LogP contribution in [0.15, 0.2) is 23.1 Å². The summed E-state index contributed by atoms with van der Waals surface area (Å²) in [6.45, 7) is 1.70. The minimum atomic E-state index is -0.518. The average molecular weight is 255 g/mol. The first kappa shape index (κ1) is 13.7. The van der Waals surface area contributed by atoms with Crippen LogP contribution in [0.4, 0.5) is 5.69 Å². The predicted octanol–water partition coefficient (Wildman–Crippen LogP) is 2.27. The van der Waals surface area contributed by atoms with Crippen molar-refractivity contribution in [1.29, 1.82) is 0 Å². The lowest BCUT2D eigenvalue weighted by atomic mass is 10.1. The number of non-ortho nitro benzene ring substituents is 1. The highest BCUT2D eigenvalue weighted by atomic mass is 32.2. The second kappa shape index (κ2) is 6.36. The van der Waals surface area contributed by atoms with Gasteiger partial charge in [0.2, 0.25) is 0 Å². The highest BCUT2D eigenvalue weighted by Gasteiger charge is 2.13. The Morgan fingerprint density at radius 1 is 1.47 bits per heavy atom. The molecule has 17 heavy (non-hydrogen) atoms. The number of aliphatic hydroxyl groups is 1. The number of nitrogens with zero attached hydrogens (tertiary/aromatic N) is 1. The fraction of sp³-hybridized carbons (Fsp3) is 0.364. The number of ketones is 1. The van der Waals surface area contributed by atoms with Gasteiger partial charge in [0.15, 0.2) is 5.78 Å². The fourth-order valence-electron chi connectivity index (χ4n) is 1.30. The summed E-state index contributed by atoms with van der Waals surface area (Å²) in [6, 6.07) is 4.32. The standard InChI is InChI=1S/C11H13NO4S/c1-2-11(14)8-5-9(12(15)16)7-10(6-8)17-4-3-13/h5-7,13H,2-4H2,1H3. The van der Waals surface area contributed by atoms with Crippen molar-refractivity contribution in [2.75, 3.05) is 12.4 Å². The number of nitro groups is 1. The van der Waals surface area contributed by atoms with Gasteiger partial charge in [0.05, 0.1) is 11.5 Å². The highest BCUT2D eigenvalue weighted by Crippen LogP contribution is 2.25. The molecule has 92 valence electrons. The normalized spacial score (nSPS) is 10.2. The summed E-state index contributed by atoms with van der Waals surface area (Å²) in [4.78, 5) is 22.4. The number of aliphatic hydroxyl groups excluding tert-OH is 1. The first-order valence-corrected chi connectivity index (χ1v) is 6.13. The molecule has 1 aromatic rings. The number of hydrogen-bond acceptors (Lipinski definition) is 5. The van der Waals surface area contributed by atoms with E-state index in [0.717, 1.165) is 0 Å². The molecule has 6 heteroatoms. The summed E-state index contributed by atoms with van der Waals surface area (Å²) in [6.07, 6.45) is 0.311. The largest absolute Gasteiger partial charge is 0.396 e. The van der Waals surface area contributed by atoms with E-state index < -0.39 is 4.92 Å². The van der Waals surface area contributed by atoms with Gasteiger partial charge in [-0.05, 0) is 6.07 Å². The monoisotopic (exact) mass is 255 g/mol. The number of carbonyl (C=O) groups is 1. The SMILES string of the molecule is CCC(=O)c1cc(SCCO)cc([N+](=O)[O-])c1. The summed E-state index contributed by atoms with van der Waals surface area (Å²) < 4.78 is 0. The number of carbonyl (C=O) groups excluding carboxylic acids is 1. The molecule has 0 spiro atoms. The second-order valence-electron chi connectivity index (χ2n) is 3.32. The van der Waals surface area contributed by atoms with Gasteiger partial charge >= 0.3 is 0 Å². The highest BCUT2D eigenvalue weighted by molar-refractivity contribution is 7.99. The minimum absolute atomic E-state index is 0.00951. The van der Waals surface area contributed by atoms with Gasteiger partial charge in [-0.2, -0.15) is 0 Å². The minimum Gasteiger partial charge on any atom is -0.396 e. The third kappa shape index (κ3) is 3.83. The molecule has 0 bridgehead atoms. The Morgan fingerprint density at radius 2 is 2.18 bits per heavy atom. The molecule has 0 aromatic heterocycles. The molecular formula is C11H13NO4S. The molecule has 0 saturated carbocycles. The van der Waals surface area contributed by atoms with Crippen LogP contribution in [0.3, 0.4) is 0 Å². The number of hydrogen-bond donors (Lipinski definition) is 1. The molecule has 1 aromatic carbocycles. The van der Waals surface area contributed by atoms with Gasteiger partial charge in [-0.15, -0.1) is 11.8 Å². The number of Topliss-reactive ketones (excluding diaryl/α,β-unsaturated/α-hetero) is 1. The van der Waals surface area contributed by atoms with Gasteiger partial charge in [-0.25, -0.2) is 0 Å². The summed E-state index contributed by atoms with van der Waals surface area (Å²) in [5, 5.41) is 19.4. The Labute approximate surface area is 103 Å². The van der Waals surface area contributed by atoms with Crippen molar-refractivity contribution in [2.24, 2.45) is 0 Å². The lowest BCUT2D eigenvalue weighted by Gasteiger charge is -2.03. The van der Waals surface area contributed by atoms with E-state index >= 15 is 0 Å². The number of rotatable bonds is 6. The quantitative estimate of drug-likeness (QED) is 0.365. The molecule has 0 unspecified atom stereocenters. The number of benzene rings is 1. The van der Waals surface area contributed by atoms with Crippen LogP contribution in [-0.2, 0) is 0 Å². The molecule has 0 radical (unpaired) electrons. The van der Waals surface area contributed by atoms with Gasteiger partial charge in [0.1, 0.15) is 0 Å². The molecule has 0 fully saturated rings. The zero-order valence-electron chi connectivity index (χ0n) is 9.38. The summed E-state index contributed by atoms with van der Waals surface area (Å²) in [7, 11) is 0. The molecule has 0 saturated heterocycles. The van der Waals surface area contributed by atoms with E-state index in [9.17, 15) is 14.9 Å². The predicted molar refractivity (Wildman–Crippen MR) is 65.5 cm³/mol. The van der Waals surface area contributed by atoms with Crippen molar-refractivity contribution < 1.29 is 14.8 Å². The summed E-state index contributed by atoms with van der Waals surface area (Å²) >= 11 is 1.29. The molecule has 1 rings (SSSR count). The molecule has 0 aliphatic carbocycles. The van der Waals surface area contributed by atoms with Crippen LogP contribution in [0.1, 0.15) is 23.7 Å². The van der Waals surface area contributed by atoms with E-state index in [0.29, 0.717) is 22.6 Å². The Bertz CT molecular complexity index is 433. The third-order valence-corrected chi connectivity index (χ3v) is 3.06. The van der Waals surface area contributed by atoms with Crippen LogP contribution in [-0.4, -0.2) is 28.2 Å². The van der Waals surface area contributed by atoms with E-state index in [-0.39, 0.29) is 18.1 Å². The topological polar surface area (TPSA) is 80.4 Å². The van der Waals surface area contributed by atoms with Crippen LogP contribution in [0.2, 0.25) is 0 Å². The van der Waals surface area contributed by atoms with Crippen molar-refractivity contribution in [2.45, 2.75) is 18.2 Å². The Balaban J connectivity index is 3.09. The average Bonchev–Trinajstić information content (AvgIpc) is 2.34. The number of thioether (sulfide) groups is 1. The Morgan fingerprint density at radius 3 is 2.71 bits per heavy atom. The third-order valence-electron chi connectivity index (χ3n) is 2.11. The molecule has 5 nitrogen and oxygen atoms in total. The maximum atomic E-state index is 11.5. The second-order valence-corrected chi connectivity index (χ2v) is 4.49. The zero-order valence-corrected chi connectivity index (χ0v) is 10.2. The van der Waals surface area contributed by atoms with Gasteiger partial charge in [0.25, 0.3) is 5.69 Å². The lowest BCUT2D eigenvalue weighted by Crippen LogP contribution is -1.99. The van der Waals surface area contributed by atoms with Crippen LogP contribution in [0, 0.1) is 10.1 Å². The van der Waals surface area contributed by atoms with Crippen LogP contribution in [0.5, 0.6) is 0 Å². The summed E-state index contributed by atoms with van der Waals surface area (Å²) in [5.41, 5.74) is 0.256. The van der Waals surface area contributed by atoms with E-state index in [2.05, 4.69) is 0 Å². The van der Waals surface area contributed by atoms with E-state index in [1.165, 1.54) is 23.9 Å². The van der Waals surface area contributed by atoms with Crippen molar-refractivity contribution in [3.63, 3.8) is 0 Å². The van der Waals surface area contributed by atoms with Crippen molar-refractivity contribution in [3.05, 3.63) is 33.9 Å². The van der Waals surface area contributed by atoms with Gasteiger partial charge in [0, 0.05) is 34.8 Å². The van der Waals surface area contributed by atoms with E-state index in [1.54, 1.807) is 13.0 Å². The van der Waals surface area contributed by atoms with Crippen LogP contribution >= 0.6 is 11.8 Å². The van der Waals surface area contributed by atoms with Gasteiger partial charge in [-0.1, -0.05) is 6.92 Å². The number of nitro benzene ring substituents is 1. The first-order chi connectivity index (χ1) is 8.08. The Kier molecular flexibility index (Phi) is 5.11.